The molecule has 0 aromatic carbocycles. The van der Waals surface area contributed by atoms with Gasteiger partial charge in [0.25, 0.3) is 11.5 Å². The first-order valence-electron chi connectivity index (χ1n) is 8.82. The Balaban J connectivity index is 0.00000243. The van der Waals surface area contributed by atoms with E-state index in [4.69, 9.17) is 4.74 Å². The number of carbonyl (C=O) groups excluding carboxylic acids is 2. The summed E-state index contributed by atoms with van der Waals surface area (Å²) in [5.74, 6) is -0.447. The van der Waals surface area contributed by atoms with Gasteiger partial charge in [0.2, 0.25) is 0 Å². The molecule has 0 spiro atoms. The average Bonchev–Trinajstić information content (AvgIpc) is 2.61. The summed E-state index contributed by atoms with van der Waals surface area (Å²) in [4.78, 5) is 39.5. The van der Waals surface area contributed by atoms with Crippen LogP contribution < -0.4 is 16.2 Å². The zero-order valence-corrected chi connectivity index (χ0v) is 15.8. The molecule has 1 amide bonds. The van der Waals surface area contributed by atoms with Gasteiger partial charge in [-0.15, -0.1) is 12.4 Å². The number of hydrogen-bond donors (Lipinski definition) is 3. The Kier molecular flexibility index (Phi) is 6.97. The van der Waals surface area contributed by atoms with E-state index in [1.165, 1.54) is 6.07 Å². The number of nitrogens with one attached hydrogen (secondary N) is 3. The number of H-pyrrole nitrogens is 1. The van der Waals surface area contributed by atoms with Crippen molar-refractivity contribution in [1.29, 1.82) is 0 Å². The first kappa shape index (κ1) is 20.6. The largest absolute Gasteiger partial charge is 0.384 e. The molecule has 1 aliphatic carbocycles. The van der Waals surface area contributed by atoms with Gasteiger partial charge in [0.05, 0.1) is 6.61 Å². The highest BCUT2D eigenvalue weighted by molar-refractivity contribution is 6.01. The maximum atomic E-state index is 12.5. The van der Waals surface area contributed by atoms with Crippen molar-refractivity contribution < 1.29 is 14.3 Å². The number of aryl methyl sites for hydroxylation is 1. The number of hydrogen-bond acceptors (Lipinski definition) is 5. The fourth-order valence-corrected chi connectivity index (χ4v) is 3.74. The van der Waals surface area contributed by atoms with Crippen molar-refractivity contribution in [2.75, 3.05) is 33.4 Å². The van der Waals surface area contributed by atoms with Crippen LogP contribution in [0.15, 0.2) is 10.9 Å². The maximum absolute atomic E-state index is 12.5. The maximum Gasteiger partial charge on any atom is 0.261 e. The highest BCUT2D eigenvalue weighted by Gasteiger charge is 2.33. The van der Waals surface area contributed by atoms with Crippen molar-refractivity contribution >= 4 is 24.1 Å². The van der Waals surface area contributed by atoms with Crippen LogP contribution in [0, 0.1) is 5.41 Å². The number of fused-ring (bicyclic) bond motifs is 1. The molecule has 1 aromatic rings. The third kappa shape index (κ3) is 4.34. The Morgan fingerprint density at radius 2 is 2.00 bits per heavy atom. The molecule has 0 atom stereocenters. The molecule has 0 radical (unpaired) electrons. The van der Waals surface area contributed by atoms with Crippen LogP contribution in [-0.2, 0) is 11.2 Å². The molecule has 7 nitrogen and oxygen atoms in total. The molecular weight excluding hydrogens is 358 g/mol. The van der Waals surface area contributed by atoms with Crippen molar-refractivity contribution in [3.8, 4) is 0 Å². The minimum atomic E-state index is -0.434. The molecular formula is C18H26ClN3O4. The Labute approximate surface area is 158 Å². The van der Waals surface area contributed by atoms with Crippen LogP contribution >= 0.6 is 12.4 Å². The molecule has 1 saturated heterocycles. The topological polar surface area (TPSA) is 100 Å². The molecule has 3 N–H and O–H groups in total. The summed E-state index contributed by atoms with van der Waals surface area (Å²) in [6.45, 7) is 2.78. The van der Waals surface area contributed by atoms with E-state index >= 15 is 0 Å². The van der Waals surface area contributed by atoms with Gasteiger partial charge in [-0.05, 0) is 44.8 Å². The standard InChI is InChI=1S/C18H25N3O4.ClH/c1-25-11-18(5-7-19-8-6-18)10-20-16(23)13-9-12-14(21-17(13)24)3-2-4-15(12)22;/h9,19H,2-8,10-11H2,1H3,(H,20,23)(H,21,24);1H. The second-order valence-corrected chi connectivity index (χ2v) is 7.05. The van der Waals surface area contributed by atoms with Crippen LogP contribution in [0.1, 0.15) is 52.1 Å². The van der Waals surface area contributed by atoms with Crippen molar-refractivity contribution in [2.24, 2.45) is 5.41 Å². The molecule has 1 aromatic heterocycles. The molecule has 2 heterocycles. The van der Waals surface area contributed by atoms with Crippen molar-refractivity contribution in [3.05, 3.63) is 33.2 Å². The van der Waals surface area contributed by atoms with E-state index < -0.39 is 11.5 Å². The van der Waals surface area contributed by atoms with Gasteiger partial charge in [-0.3, -0.25) is 14.4 Å². The molecule has 3 rings (SSSR count). The quantitative estimate of drug-likeness (QED) is 0.706. The van der Waals surface area contributed by atoms with E-state index in [1.54, 1.807) is 7.11 Å². The number of amides is 1. The van der Waals surface area contributed by atoms with E-state index in [0.717, 1.165) is 32.4 Å². The number of aromatic amines is 1. The number of rotatable bonds is 5. The average molecular weight is 384 g/mol. The van der Waals surface area contributed by atoms with Gasteiger partial charge >= 0.3 is 0 Å². The van der Waals surface area contributed by atoms with Gasteiger partial charge in [0.15, 0.2) is 5.78 Å². The molecule has 26 heavy (non-hydrogen) atoms. The van der Waals surface area contributed by atoms with E-state index in [1.807, 2.05) is 0 Å². The van der Waals surface area contributed by atoms with Gasteiger partial charge in [0, 0.05) is 36.7 Å². The van der Waals surface area contributed by atoms with Gasteiger partial charge < -0.3 is 20.4 Å². The van der Waals surface area contributed by atoms with Gasteiger partial charge in [-0.1, -0.05) is 0 Å². The molecule has 2 aliphatic rings. The summed E-state index contributed by atoms with van der Waals surface area (Å²) in [5, 5.41) is 6.18. The molecule has 0 unspecified atom stereocenters. The summed E-state index contributed by atoms with van der Waals surface area (Å²) < 4.78 is 5.34. The first-order valence-corrected chi connectivity index (χ1v) is 8.82. The van der Waals surface area contributed by atoms with Gasteiger partial charge in [-0.25, -0.2) is 0 Å². The SMILES string of the molecule is COCC1(CNC(=O)c2cc3c([nH]c2=O)CCCC3=O)CCNCC1.Cl. The second kappa shape index (κ2) is 8.79. The molecule has 8 heteroatoms. The first-order chi connectivity index (χ1) is 12.0. The fourth-order valence-electron chi connectivity index (χ4n) is 3.74. The highest BCUT2D eigenvalue weighted by Crippen LogP contribution is 2.28. The highest BCUT2D eigenvalue weighted by atomic mass is 35.5. The number of ether oxygens (including phenoxy) is 1. The minimum Gasteiger partial charge on any atom is -0.384 e. The van der Waals surface area contributed by atoms with Crippen LogP contribution in [0.25, 0.3) is 0 Å². The minimum absolute atomic E-state index is 0. The van der Waals surface area contributed by atoms with Crippen LogP contribution in [0.2, 0.25) is 0 Å². The number of ketones is 1. The van der Waals surface area contributed by atoms with E-state index in [0.29, 0.717) is 37.3 Å². The lowest BCUT2D eigenvalue weighted by atomic mass is 9.79. The van der Waals surface area contributed by atoms with Gasteiger partial charge in [0.1, 0.15) is 5.56 Å². The summed E-state index contributed by atoms with van der Waals surface area (Å²) in [6.07, 6.45) is 3.67. The lowest BCUT2D eigenvalue weighted by Crippen LogP contribution is -2.47. The summed E-state index contributed by atoms with van der Waals surface area (Å²) in [5.41, 5.74) is 0.580. The predicted molar refractivity (Wildman–Crippen MR) is 100 cm³/mol. The predicted octanol–water partition coefficient (Wildman–Crippen LogP) is 1.06. The number of Topliss-reactive ketones (excluding diaryl/α,β-unsaturated/α-hetero) is 1. The van der Waals surface area contributed by atoms with E-state index in [2.05, 4.69) is 15.6 Å². The molecule has 1 fully saturated rings. The molecule has 0 bridgehead atoms. The zero-order valence-electron chi connectivity index (χ0n) is 15.0. The number of pyridine rings is 1. The molecule has 1 aliphatic heterocycles. The second-order valence-electron chi connectivity index (χ2n) is 7.05. The third-order valence-corrected chi connectivity index (χ3v) is 5.24. The number of carbonyl (C=O) groups is 2. The number of methoxy groups -OCH3 is 1. The number of halogens is 1. The normalized spacial score (nSPS) is 18.6. The van der Waals surface area contributed by atoms with E-state index in [-0.39, 0.29) is 29.2 Å². The summed E-state index contributed by atoms with van der Waals surface area (Å²) >= 11 is 0. The Morgan fingerprint density at radius 3 is 2.69 bits per heavy atom. The van der Waals surface area contributed by atoms with E-state index in [9.17, 15) is 14.4 Å². The zero-order chi connectivity index (χ0) is 17.9. The van der Waals surface area contributed by atoms with Crippen LogP contribution in [0.3, 0.4) is 0 Å². The number of aromatic nitrogens is 1. The Hall–Kier alpha value is -1.70. The third-order valence-electron chi connectivity index (χ3n) is 5.24. The smallest absolute Gasteiger partial charge is 0.261 e. The van der Waals surface area contributed by atoms with Crippen molar-refractivity contribution in [3.63, 3.8) is 0 Å². The van der Waals surface area contributed by atoms with Crippen LogP contribution in [0.5, 0.6) is 0 Å². The monoisotopic (exact) mass is 383 g/mol. The Morgan fingerprint density at radius 1 is 1.27 bits per heavy atom. The van der Waals surface area contributed by atoms with Gasteiger partial charge in [-0.2, -0.15) is 0 Å². The molecule has 0 saturated carbocycles. The van der Waals surface area contributed by atoms with Crippen molar-refractivity contribution in [2.45, 2.75) is 32.1 Å². The molecule has 144 valence electrons. The summed E-state index contributed by atoms with van der Waals surface area (Å²) in [6, 6.07) is 1.45. The van der Waals surface area contributed by atoms with Crippen LogP contribution in [-0.4, -0.2) is 50.0 Å². The van der Waals surface area contributed by atoms with Crippen LogP contribution in [0.4, 0.5) is 0 Å². The number of piperidine rings is 1. The lowest BCUT2D eigenvalue weighted by molar-refractivity contribution is 0.0511. The Bertz CT molecular complexity index is 720. The summed E-state index contributed by atoms with van der Waals surface area (Å²) in [7, 11) is 1.66. The van der Waals surface area contributed by atoms with Crippen molar-refractivity contribution in [1.82, 2.24) is 15.6 Å². The fraction of sp³-hybridized carbons (Fsp3) is 0.611. The lowest BCUT2D eigenvalue weighted by Gasteiger charge is -2.37.